The SMILES string of the molecule is CC(C(=O)NN(C)C(=S)c1ccc(Cl)cc1)C(=O)NN(C)C(=S)c1ccc(Cl)cc1. The number of amides is 2. The molecule has 0 aliphatic rings. The van der Waals surface area contributed by atoms with Gasteiger partial charge in [-0.1, -0.05) is 71.9 Å². The Labute approximate surface area is 196 Å². The molecule has 2 aromatic rings. The number of rotatable bonds is 4. The van der Waals surface area contributed by atoms with Crippen molar-refractivity contribution in [3.63, 3.8) is 0 Å². The van der Waals surface area contributed by atoms with Gasteiger partial charge in [0, 0.05) is 35.3 Å². The third-order valence-electron chi connectivity index (χ3n) is 4.13. The fourth-order valence-electron chi connectivity index (χ4n) is 2.32. The van der Waals surface area contributed by atoms with Crippen LogP contribution in [0, 0.1) is 5.92 Å². The number of hydrogen-bond acceptors (Lipinski definition) is 4. The summed E-state index contributed by atoms with van der Waals surface area (Å²) >= 11 is 22.5. The molecule has 0 aromatic heterocycles. The average Bonchev–Trinajstić information content (AvgIpc) is 2.72. The van der Waals surface area contributed by atoms with Crippen molar-refractivity contribution in [3.05, 3.63) is 69.7 Å². The van der Waals surface area contributed by atoms with Crippen molar-refractivity contribution < 1.29 is 9.59 Å². The molecule has 10 heteroatoms. The second-order valence-electron chi connectivity index (χ2n) is 6.42. The zero-order valence-electron chi connectivity index (χ0n) is 16.5. The first-order valence-electron chi connectivity index (χ1n) is 8.78. The molecule has 2 N–H and O–H groups in total. The Morgan fingerprint density at radius 1 is 0.767 bits per heavy atom. The molecule has 2 rings (SSSR count). The zero-order valence-corrected chi connectivity index (χ0v) is 19.6. The van der Waals surface area contributed by atoms with E-state index in [0.29, 0.717) is 31.1 Å². The Hall–Kier alpha value is -2.26. The van der Waals surface area contributed by atoms with Crippen molar-refractivity contribution in [1.82, 2.24) is 20.9 Å². The lowest BCUT2D eigenvalue weighted by Gasteiger charge is -2.25. The quantitative estimate of drug-likeness (QED) is 0.394. The van der Waals surface area contributed by atoms with Crippen molar-refractivity contribution >= 4 is 69.4 Å². The van der Waals surface area contributed by atoms with Crippen LogP contribution in [0.5, 0.6) is 0 Å². The van der Waals surface area contributed by atoms with E-state index < -0.39 is 17.7 Å². The minimum absolute atomic E-state index is 0.383. The Morgan fingerprint density at radius 3 is 1.37 bits per heavy atom. The maximum absolute atomic E-state index is 12.5. The van der Waals surface area contributed by atoms with Gasteiger partial charge >= 0.3 is 0 Å². The predicted octanol–water partition coefficient (Wildman–Crippen LogP) is 3.61. The molecule has 0 heterocycles. The number of hydrazine groups is 2. The highest BCUT2D eigenvalue weighted by molar-refractivity contribution is 7.80. The van der Waals surface area contributed by atoms with E-state index in [0.717, 1.165) is 0 Å². The van der Waals surface area contributed by atoms with E-state index in [1.807, 2.05) is 0 Å². The van der Waals surface area contributed by atoms with Crippen LogP contribution in [0.15, 0.2) is 48.5 Å². The van der Waals surface area contributed by atoms with E-state index in [4.69, 9.17) is 47.6 Å². The molecule has 0 aliphatic heterocycles. The highest BCUT2D eigenvalue weighted by Crippen LogP contribution is 2.13. The number of carbonyl (C=O) groups is 2. The second-order valence-corrected chi connectivity index (χ2v) is 8.06. The molecule has 0 fully saturated rings. The predicted molar refractivity (Wildman–Crippen MR) is 127 cm³/mol. The van der Waals surface area contributed by atoms with Crippen LogP contribution < -0.4 is 10.9 Å². The molecule has 0 spiro atoms. The number of nitrogens with zero attached hydrogens (tertiary/aromatic N) is 2. The highest BCUT2D eigenvalue weighted by Gasteiger charge is 2.25. The summed E-state index contributed by atoms with van der Waals surface area (Å²) in [7, 11) is 3.20. The van der Waals surface area contributed by atoms with Crippen LogP contribution >= 0.6 is 47.6 Å². The summed E-state index contributed by atoms with van der Waals surface area (Å²) in [4.78, 5) is 25.7. The van der Waals surface area contributed by atoms with Gasteiger partial charge in [0.05, 0.1) is 0 Å². The molecule has 0 radical (unpaired) electrons. The molecule has 0 atom stereocenters. The van der Waals surface area contributed by atoms with Gasteiger partial charge in [-0.15, -0.1) is 0 Å². The highest BCUT2D eigenvalue weighted by atomic mass is 35.5. The molecule has 2 aromatic carbocycles. The Morgan fingerprint density at radius 2 is 1.07 bits per heavy atom. The first-order chi connectivity index (χ1) is 14.1. The molecule has 0 saturated heterocycles. The van der Waals surface area contributed by atoms with Gasteiger partial charge in [0.25, 0.3) is 11.8 Å². The summed E-state index contributed by atoms with van der Waals surface area (Å²) in [6.45, 7) is 1.49. The first kappa shape index (κ1) is 24.0. The zero-order chi connectivity index (χ0) is 22.4. The van der Waals surface area contributed by atoms with E-state index >= 15 is 0 Å². The molecular formula is C20H20Cl2N4O2S2. The summed E-state index contributed by atoms with van der Waals surface area (Å²) in [5.41, 5.74) is 6.64. The number of nitrogens with one attached hydrogen (secondary N) is 2. The largest absolute Gasteiger partial charge is 0.277 e. The van der Waals surface area contributed by atoms with Crippen molar-refractivity contribution in [2.75, 3.05) is 14.1 Å². The minimum Gasteiger partial charge on any atom is -0.277 e. The number of benzene rings is 2. The van der Waals surface area contributed by atoms with Gasteiger partial charge in [-0.2, -0.15) is 0 Å². The van der Waals surface area contributed by atoms with Crippen molar-refractivity contribution in [1.29, 1.82) is 0 Å². The van der Waals surface area contributed by atoms with Crippen LogP contribution in [-0.4, -0.2) is 45.9 Å². The van der Waals surface area contributed by atoms with Crippen LogP contribution in [0.1, 0.15) is 18.1 Å². The van der Waals surface area contributed by atoms with E-state index in [1.54, 1.807) is 62.6 Å². The van der Waals surface area contributed by atoms with E-state index in [-0.39, 0.29) is 0 Å². The topological polar surface area (TPSA) is 64.7 Å². The van der Waals surface area contributed by atoms with Gasteiger partial charge in [-0.05, 0) is 31.2 Å². The molecule has 0 aliphatic carbocycles. The van der Waals surface area contributed by atoms with Crippen LogP contribution in [0.2, 0.25) is 10.0 Å². The minimum atomic E-state index is -0.990. The van der Waals surface area contributed by atoms with Gasteiger partial charge < -0.3 is 0 Å². The Kier molecular flexibility index (Phi) is 8.54. The summed E-state index contributed by atoms with van der Waals surface area (Å²) in [5, 5.41) is 3.93. The van der Waals surface area contributed by atoms with Crippen LogP contribution in [-0.2, 0) is 9.59 Å². The Balaban J connectivity index is 1.93. The molecule has 0 unspecified atom stereocenters. The van der Waals surface area contributed by atoms with Gasteiger partial charge in [-0.3, -0.25) is 30.5 Å². The standard InChI is InChI=1S/C20H20Cl2N4O2S2/c1-12(17(27)23-25(2)19(29)13-4-8-15(21)9-5-13)18(28)24-26(3)20(30)14-6-10-16(22)11-7-14/h4-12H,1-3H3,(H,23,27)(H,24,28). The summed E-state index contributed by atoms with van der Waals surface area (Å²) in [6.07, 6.45) is 0. The summed E-state index contributed by atoms with van der Waals surface area (Å²) in [6, 6.07) is 13.8. The fraction of sp³-hybridized carbons (Fsp3) is 0.200. The van der Waals surface area contributed by atoms with Crippen LogP contribution in [0.4, 0.5) is 0 Å². The fourth-order valence-corrected chi connectivity index (χ4v) is 2.93. The molecule has 158 valence electrons. The normalized spacial score (nSPS) is 10.3. The molecule has 30 heavy (non-hydrogen) atoms. The molecule has 0 bridgehead atoms. The maximum atomic E-state index is 12.5. The molecule has 0 saturated carbocycles. The number of halogens is 2. The molecular weight excluding hydrogens is 463 g/mol. The summed E-state index contributed by atoms with van der Waals surface area (Å²) in [5.74, 6) is -2.02. The van der Waals surface area contributed by atoms with E-state index in [9.17, 15) is 9.59 Å². The number of thiocarbonyl (C=S) groups is 2. The van der Waals surface area contributed by atoms with Crippen molar-refractivity contribution in [2.24, 2.45) is 5.92 Å². The average molecular weight is 483 g/mol. The number of carbonyl (C=O) groups excluding carboxylic acids is 2. The van der Waals surface area contributed by atoms with Crippen LogP contribution in [0.25, 0.3) is 0 Å². The summed E-state index contributed by atoms with van der Waals surface area (Å²) < 4.78 is 0. The van der Waals surface area contributed by atoms with Gasteiger partial charge in [0.1, 0.15) is 15.9 Å². The molecule has 2 amide bonds. The lowest BCUT2D eigenvalue weighted by atomic mass is 10.1. The van der Waals surface area contributed by atoms with E-state index in [2.05, 4.69) is 10.9 Å². The maximum Gasteiger partial charge on any atom is 0.250 e. The van der Waals surface area contributed by atoms with Crippen molar-refractivity contribution in [3.8, 4) is 0 Å². The van der Waals surface area contributed by atoms with Gasteiger partial charge in [0.15, 0.2) is 0 Å². The number of hydrogen-bond donors (Lipinski definition) is 2. The van der Waals surface area contributed by atoms with Gasteiger partial charge in [0.2, 0.25) is 0 Å². The third kappa shape index (κ3) is 6.37. The Bertz CT molecular complexity index is 875. The monoisotopic (exact) mass is 482 g/mol. The van der Waals surface area contributed by atoms with Crippen LogP contribution in [0.3, 0.4) is 0 Å². The van der Waals surface area contributed by atoms with Gasteiger partial charge in [-0.25, -0.2) is 0 Å². The van der Waals surface area contributed by atoms with E-state index in [1.165, 1.54) is 16.9 Å². The second kappa shape index (κ2) is 10.7. The lowest BCUT2D eigenvalue weighted by Crippen LogP contribution is -2.51. The third-order valence-corrected chi connectivity index (χ3v) is 5.66. The molecule has 6 nitrogen and oxygen atoms in total. The van der Waals surface area contributed by atoms with Crippen molar-refractivity contribution in [2.45, 2.75) is 6.92 Å². The smallest absolute Gasteiger partial charge is 0.250 e. The lowest BCUT2D eigenvalue weighted by molar-refractivity contribution is -0.137. The first-order valence-corrected chi connectivity index (χ1v) is 10.4.